The Hall–Kier alpha value is -1.35. The highest BCUT2D eigenvalue weighted by atomic mass is 19.4. The molecule has 0 N–H and O–H groups in total. The number of ether oxygens (including phenoxy) is 5. The predicted molar refractivity (Wildman–Crippen MR) is 94.8 cm³/mol. The van der Waals surface area contributed by atoms with E-state index in [2.05, 4.69) is 6.92 Å². The molecule has 2 fully saturated rings. The van der Waals surface area contributed by atoms with Gasteiger partial charge in [0, 0.05) is 11.5 Å². The summed E-state index contributed by atoms with van der Waals surface area (Å²) in [5.41, 5.74) is 0.725. The van der Waals surface area contributed by atoms with E-state index in [1.54, 1.807) is 12.1 Å². The molecule has 0 aromatic heterocycles. The van der Waals surface area contributed by atoms with E-state index in [4.69, 9.17) is 23.7 Å². The summed E-state index contributed by atoms with van der Waals surface area (Å²) >= 11 is 0. The van der Waals surface area contributed by atoms with E-state index in [0.717, 1.165) is 12.0 Å². The van der Waals surface area contributed by atoms with E-state index < -0.39 is 19.1 Å². The van der Waals surface area contributed by atoms with E-state index in [1.165, 1.54) is 25.0 Å². The highest BCUT2D eigenvalue weighted by Gasteiger charge is 2.34. The molecule has 158 valence electrons. The zero-order chi connectivity index (χ0) is 20.0. The van der Waals surface area contributed by atoms with Crippen molar-refractivity contribution in [2.45, 2.75) is 44.9 Å². The number of rotatable bonds is 7. The Kier molecular flexibility index (Phi) is 7.56. The fraction of sp³-hybridized carbons (Fsp3) is 0.700. The quantitative estimate of drug-likeness (QED) is 0.671. The van der Waals surface area contributed by atoms with Gasteiger partial charge in [0.15, 0.2) is 19.2 Å². The van der Waals surface area contributed by atoms with Gasteiger partial charge in [-0.3, -0.25) is 0 Å². The number of benzene rings is 1. The summed E-state index contributed by atoms with van der Waals surface area (Å²) in [6.07, 6.45) is -1.78. The molecule has 2 saturated heterocycles. The molecular weight excluding hydrogens is 377 g/mol. The second kappa shape index (κ2) is 9.91. The molecule has 0 amide bonds. The van der Waals surface area contributed by atoms with Crippen molar-refractivity contribution in [1.29, 1.82) is 0 Å². The van der Waals surface area contributed by atoms with Gasteiger partial charge in [-0.1, -0.05) is 31.9 Å². The van der Waals surface area contributed by atoms with Crippen LogP contribution in [0.5, 0.6) is 5.75 Å². The van der Waals surface area contributed by atoms with Crippen LogP contribution in [0.25, 0.3) is 0 Å². The minimum absolute atomic E-state index is 0.00207. The molecule has 2 heterocycles. The molecule has 0 saturated carbocycles. The molecular formula is C20H27F3O5. The summed E-state index contributed by atoms with van der Waals surface area (Å²) in [5, 5.41) is 0. The van der Waals surface area contributed by atoms with Gasteiger partial charge in [0.2, 0.25) is 0 Å². The van der Waals surface area contributed by atoms with Crippen molar-refractivity contribution in [3.63, 3.8) is 0 Å². The van der Waals surface area contributed by atoms with Crippen LogP contribution in [0.15, 0.2) is 24.3 Å². The molecule has 0 spiro atoms. The van der Waals surface area contributed by atoms with Crippen LogP contribution < -0.4 is 4.74 Å². The van der Waals surface area contributed by atoms with Crippen molar-refractivity contribution in [2.75, 3.05) is 33.0 Å². The topological polar surface area (TPSA) is 46.2 Å². The average molecular weight is 404 g/mol. The van der Waals surface area contributed by atoms with Gasteiger partial charge in [-0.15, -0.1) is 0 Å². The van der Waals surface area contributed by atoms with Gasteiger partial charge in [-0.2, -0.15) is 13.2 Å². The Morgan fingerprint density at radius 3 is 2.18 bits per heavy atom. The summed E-state index contributed by atoms with van der Waals surface area (Å²) in [5.74, 6) is 0.599. The van der Waals surface area contributed by atoms with E-state index in [-0.39, 0.29) is 18.0 Å². The van der Waals surface area contributed by atoms with Crippen LogP contribution >= 0.6 is 0 Å². The van der Waals surface area contributed by atoms with Crippen LogP contribution in [0.3, 0.4) is 0 Å². The monoisotopic (exact) mass is 404 g/mol. The fourth-order valence-corrected chi connectivity index (χ4v) is 3.24. The Morgan fingerprint density at radius 1 is 0.964 bits per heavy atom. The van der Waals surface area contributed by atoms with Crippen molar-refractivity contribution in [3.8, 4) is 5.75 Å². The van der Waals surface area contributed by atoms with Gasteiger partial charge in [0.25, 0.3) is 0 Å². The van der Waals surface area contributed by atoms with Crippen LogP contribution in [0.2, 0.25) is 0 Å². The molecule has 28 heavy (non-hydrogen) atoms. The Bertz CT molecular complexity index is 576. The third-order valence-electron chi connectivity index (χ3n) is 4.82. The molecule has 1 aromatic rings. The predicted octanol–water partition coefficient (Wildman–Crippen LogP) is 4.47. The SMILES string of the molecule is CCCCC1COC(C2COC(c3ccc(OCC(F)(F)F)cc3)OC2)OC1. The van der Waals surface area contributed by atoms with Gasteiger partial charge in [-0.25, -0.2) is 0 Å². The molecule has 0 bridgehead atoms. The highest BCUT2D eigenvalue weighted by Crippen LogP contribution is 2.30. The first kappa shape index (κ1) is 21.4. The average Bonchev–Trinajstić information content (AvgIpc) is 2.71. The Balaban J connectivity index is 1.42. The van der Waals surface area contributed by atoms with Gasteiger partial charge in [-0.05, 0) is 18.6 Å². The van der Waals surface area contributed by atoms with E-state index in [1.807, 2.05) is 0 Å². The first-order valence-corrected chi connectivity index (χ1v) is 9.70. The highest BCUT2D eigenvalue weighted by molar-refractivity contribution is 5.28. The molecule has 8 heteroatoms. The Labute approximate surface area is 163 Å². The van der Waals surface area contributed by atoms with Crippen LogP contribution in [0.4, 0.5) is 13.2 Å². The molecule has 2 aliphatic heterocycles. The fourth-order valence-electron chi connectivity index (χ4n) is 3.24. The van der Waals surface area contributed by atoms with Crippen molar-refractivity contribution >= 4 is 0 Å². The minimum atomic E-state index is -4.36. The molecule has 0 aliphatic carbocycles. The summed E-state index contributed by atoms with van der Waals surface area (Å²) in [7, 11) is 0. The second-order valence-corrected chi connectivity index (χ2v) is 7.27. The van der Waals surface area contributed by atoms with E-state index in [0.29, 0.717) is 32.3 Å². The number of hydrogen-bond donors (Lipinski definition) is 0. The molecule has 0 atom stereocenters. The van der Waals surface area contributed by atoms with Crippen molar-refractivity contribution in [3.05, 3.63) is 29.8 Å². The van der Waals surface area contributed by atoms with Gasteiger partial charge in [0.05, 0.1) is 32.3 Å². The first-order valence-electron chi connectivity index (χ1n) is 9.70. The maximum Gasteiger partial charge on any atom is 0.422 e. The lowest BCUT2D eigenvalue weighted by molar-refractivity contribution is -0.283. The number of halogens is 3. The van der Waals surface area contributed by atoms with Crippen LogP contribution in [0, 0.1) is 11.8 Å². The minimum Gasteiger partial charge on any atom is -0.484 e. The Morgan fingerprint density at radius 2 is 1.61 bits per heavy atom. The second-order valence-electron chi connectivity index (χ2n) is 7.27. The van der Waals surface area contributed by atoms with Crippen LogP contribution in [-0.2, 0) is 18.9 Å². The molecule has 2 aliphatic rings. The summed E-state index contributed by atoms with van der Waals surface area (Å²) in [4.78, 5) is 0. The smallest absolute Gasteiger partial charge is 0.422 e. The molecule has 0 radical (unpaired) electrons. The lowest BCUT2D eigenvalue weighted by Crippen LogP contribution is -2.43. The zero-order valence-corrected chi connectivity index (χ0v) is 16.0. The molecule has 1 aromatic carbocycles. The van der Waals surface area contributed by atoms with Crippen LogP contribution in [0.1, 0.15) is 38.0 Å². The van der Waals surface area contributed by atoms with Gasteiger partial charge >= 0.3 is 6.18 Å². The van der Waals surface area contributed by atoms with E-state index >= 15 is 0 Å². The van der Waals surface area contributed by atoms with Gasteiger partial charge < -0.3 is 23.7 Å². The standard InChI is InChI=1S/C20H27F3O5/c1-2-3-4-14-9-24-19(25-10-14)16-11-26-18(27-12-16)15-5-7-17(8-6-15)28-13-20(21,22)23/h5-8,14,16,18-19H,2-4,9-13H2,1H3. The number of hydrogen-bond acceptors (Lipinski definition) is 5. The molecule has 3 rings (SSSR count). The maximum atomic E-state index is 12.2. The largest absolute Gasteiger partial charge is 0.484 e. The number of unbranched alkanes of at least 4 members (excludes halogenated alkanes) is 1. The third kappa shape index (κ3) is 6.34. The van der Waals surface area contributed by atoms with Crippen LogP contribution in [-0.4, -0.2) is 45.5 Å². The number of alkyl halides is 3. The zero-order valence-electron chi connectivity index (χ0n) is 16.0. The molecule has 5 nitrogen and oxygen atoms in total. The molecule has 0 unspecified atom stereocenters. The maximum absolute atomic E-state index is 12.2. The van der Waals surface area contributed by atoms with Crippen molar-refractivity contribution < 1.29 is 36.9 Å². The normalized spacial score (nSPS) is 28.9. The van der Waals surface area contributed by atoms with Crippen molar-refractivity contribution in [2.24, 2.45) is 11.8 Å². The lowest BCUT2D eigenvalue weighted by atomic mass is 10.0. The van der Waals surface area contributed by atoms with E-state index in [9.17, 15) is 13.2 Å². The summed E-state index contributed by atoms with van der Waals surface area (Å²) < 4.78 is 64.5. The summed E-state index contributed by atoms with van der Waals surface area (Å²) in [6.45, 7) is 3.12. The van der Waals surface area contributed by atoms with Gasteiger partial charge in [0.1, 0.15) is 5.75 Å². The van der Waals surface area contributed by atoms with Crippen molar-refractivity contribution in [1.82, 2.24) is 0 Å². The third-order valence-corrected chi connectivity index (χ3v) is 4.82. The first-order chi connectivity index (χ1) is 13.4. The lowest BCUT2D eigenvalue weighted by Gasteiger charge is -2.37. The summed E-state index contributed by atoms with van der Waals surface area (Å²) in [6, 6.07) is 6.23.